The van der Waals surface area contributed by atoms with Crippen molar-refractivity contribution in [3.8, 4) is 5.69 Å². The summed E-state index contributed by atoms with van der Waals surface area (Å²) in [7, 11) is 0. The number of unbranched alkanes of at least 4 members (excludes halogenated alkanes) is 1. The van der Waals surface area contributed by atoms with Crippen molar-refractivity contribution in [2.24, 2.45) is 0 Å². The molecule has 3 nitrogen and oxygen atoms in total. The van der Waals surface area contributed by atoms with Crippen molar-refractivity contribution in [3.05, 3.63) is 40.6 Å². The van der Waals surface area contributed by atoms with Gasteiger partial charge in [0.1, 0.15) is 5.82 Å². The Morgan fingerprint density at radius 1 is 1.30 bits per heavy atom. The first-order valence-corrected chi connectivity index (χ1v) is 7.63. The average molecular weight is 269 g/mol. The van der Waals surface area contributed by atoms with Crippen LogP contribution in [0.15, 0.2) is 18.2 Å². The molecule has 3 heteroatoms. The molecule has 0 spiro atoms. The fourth-order valence-corrected chi connectivity index (χ4v) is 2.91. The summed E-state index contributed by atoms with van der Waals surface area (Å²) < 4.78 is 2.12. The summed E-state index contributed by atoms with van der Waals surface area (Å²) in [5, 5.41) is 8.41. The van der Waals surface area contributed by atoms with Crippen LogP contribution in [0.5, 0.6) is 0 Å². The van der Waals surface area contributed by atoms with Gasteiger partial charge in [0, 0.05) is 12.1 Å². The topological polar surface area (TPSA) is 29.9 Å². The van der Waals surface area contributed by atoms with Crippen LogP contribution in [0, 0.1) is 13.8 Å². The van der Waals surface area contributed by atoms with Crippen molar-refractivity contribution in [3.63, 3.8) is 0 Å². The molecular weight excluding hydrogens is 246 g/mol. The van der Waals surface area contributed by atoms with E-state index in [0.29, 0.717) is 0 Å². The predicted octanol–water partition coefficient (Wildman–Crippen LogP) is 3.80. The zero-order valence-corrected chi connectivity index (χ0v) is 12.7. The maximum atomic E-state index is 4.90. The van der Waals surface area contributed by atoms with Crippen LogP contribution < -0.4 is 5.32 Å². The molecule has 1 aromatic carbocycles. The zero-order valence-electron chi connectivity index (χ0n) is 12.7. The number of benzene rings is 1. The van der Waals surface area contributed by atoms with E-state index in [9.17, 15) is 0 Å². The first-order chi connectivity index (χ1) is 9.70. The lowest BCUT2D eigenvalue weighted by Gasteiger charge is -2.10. The second kappa shape index (κ2) is 5.31. The monoisotopic (exact) mass is 269 g/mol. The largest absolute Gasteiger partial charge is 0.369 e. The zero-order chi connectivity index (χ0) is 14.1. The molecule has 2 heterocycles. The Hall–Kier alpha value is -1.77. The van der Waals surface area contributed by atoms with Crippen molar-refractivity contribution in [1.82, 2.24) is 9.78 Å². The number of anilines is 1. The van der Waals surface area contributed by atoms with Crippen LogP contribution in [0.25, 0.3) is 5.69 Å². The number of aryl methyl sites for hydroxylation is 3. The minimum Gasteiger partial charge on any atom is -0.369 e. The van der Waals surface area contributed by atoms with Gasteiger partial charge in [0.25, 0.3) is 0 Å². The van der Waals surface area contributed by atoms with Gasteiger partial charge in [0.2, 0.25) is 0 Å². The van der Waals surface area contributed by atoms with Crippen LogP contribution in [0.2, 0.25) is 0 Å². The van der Waals surface area contributed by atoms with Gasteiger partial charge < -0.3 is 5.32 Å². The maximum absolute atomic E-state index is 4.90. The summed E-state index contributed by atoms with van der Waals surface area (Å²) in [6.07, 6.45) is 4.65. The Labute approximate surface area is 121 Å². The van der Waals surface area contributed by atoms with Gasteiger partial charge in [0.15, 0.2) is 0 Å². The van der Waals surface area contributed by atoms with E-state index in [0.717, 1.165) is 19.4 Å². The molecule has 0 fully saturated rings. The van der Waals surface area contributed by atoms with Crippen molar-refractivity contribution < 1.29 is 0 Å². The Balaban J connectivity index is 2.07. The molecule has 1 N–H and O–H groups in total. The summed E-state index contributed by atoms with van der Waals surface area (Å²) in [4.78, 5) is 0. The van der Waals surface area contributed by atoms with E-state index in [2.05, 4.69) is 49.0 Å². The molecular formula is C17H23N3. The molecule has 0 saturated heterocycles. The maximum Gasteiger partial charge on any atom is 0.133 e. The lowest BCUT2D eigenvalue weighted by atomic mass is 10.1. The van der Waals surface area contributed by atoms with Gasteiger partial charge in [-0.25, -0.2) is 4.68 Å². The summed E-state index contributed by atoms with van der Waals surface area (Å²) >= 11 is 0. The SMILES string of the molecule is CCCCc1nn(-c2cc(C)ccc2C)c2c1CCN2. The molecule has 1 aromatic heterocycles. The third kappa shape index (κ3) is 2.21. The molecule has 1 aliphatic heterocycles. The number of nitrogens with one attached hydrogen (secondary N) is 1. The average Bonchev–Trinajstić information content (AvgIpc) is 3.02. The highest BCUT2D eigenvalue weighted by molar-refractivity contribution is 5.58. The van der Waals surface area contributed by atoms with Crippen molar-refractivity contribution in [2.45, 2.75) is 46.5 Å². The molecule has 106 valence electrons. The van der Waals surface area contributed by atoms with Crippen LogP contribution in [-0.4, -0.2) is 16.3 Å². The van der Waals surface area contributed by atoms with E-state index >= 15 is 0 Å². The molecule has 2 aromatic rings. The van der Waals surface area contributed by atoms with Gasteiger partial charge in [-0.3, -0.25) is 0 Å². The van der Waals surface area contributed by atoms with E-state index in [-0.39, 0.29) is 0 Å². The van der Waals surface area contributed by atoms with Crippen LogP contribution in [-0.2, 0) is 12.8 Å². The highest BCUT2D eigenvalue weighted by Gasteiger charge is 2.23. The molecule has 0 radical (unpaired) electrons. The summed E-state index contributed by atoms with van der Waals surface area (Å²) in [6, 6.07) is 6.57. The fourth-order valence-electron chi connectivity index (χ4n) is 2.91. The third-order valence-corrected chi connectivity index (χ3v) is 4.09. The number of nitrogens with zero attached hydrogens (tertiary/aromatic N) is 2. The van der Waals surface area contributed by atoms with E-state index in [1.807, 2.05) is 0 Å². The van der Waals surface area contributed by atoms with E-state index in [4.69, 9.17) is 5.10 Å². The number of hydrogen-bond donors (Lipinski definition) is 1. The lowest BCUT2D eigenvalue weighted by Crippen LogP contribution is -2.06. The summed E-state index contributed by atoms with van der Waals surface area (Å²) in [6.45, 7) is 7.57. The standard InChI is InChI=1S/C17H23N3/c1-4-5-6-15-14-9-10-18-17(14)20(19-15)16-11-12(2)7-8-13(16)3/h7-8,11,18H,4-6,9-10H2,1-3H3. The van der Waals surface area contributed by atoms with E-state index in [1.54, 1.807) is 0 Å². The van der Waals surface area contributed by atoms with Gasteiger partial charge in [0.05, 0.1) is 11.4 Å². The van der Waals surface area contributed by atoms with E-state index < -0.39 is 0 Å². The first kappa shape index (κ1) is 13.2. The molecule has 0 aliphatic carbocycles. The van der Waals surface area contributed by atoms with Crippen molar-refractivity contribution in [2.75, 3.05) is 11.9 Å². The number of aromatic nitrogens is 2. The van der Waals surface area contributed by atoms with Crippen LogP contribution >= 0.6 is 0 Å². The van der Waals surface area contributed by atoms with Crippen LogP contribution in [0.3, 0.4) is 0 Å². The molecule has 0 unspecified atom stereocenters. The first-order valence-electron chi connectivity index (χ1n) is 7.63. The molecule has 0 saturated carbocycles. The minimum atomic E-state index is 1.04. The van der Waals surface area contributed by atoms with Gasteiger partial charge >= 0.3 is 0 Å². The number of rotatable bonds is 4. The summed E-state index contributed by atoms with van der Waals surface area (Å²) in [5.41, 5.74) is 6.48. The normalized spacial score (nSPS) is 13.3. The molecule has 3 rings (SSSR count). The second-order valence-corrected chi connectivity index (χ2v) is 5.76. The highest BCUT2D eigenvalue weighted by atomic mass is 15.3. The Morgan fingerprint density at radius 3 is 2.95 bits per heavy atom. The molecule has 20 heavy (non-hydrogen) atoms. The van der Waals surface area contributed by atoms with Gasteiger partial charge in [-0.05, 0) is 50.3 Å². The van der Waals surface area contributed by atoms with Crippen molar-refractivity contribution >= 4 is 5.82 Å². The number of fused-ring (bicyclic) bond motifs is 1. The van der Waals surface area contributed by atoms with Gasteiger partial charge in [-0.15, -0.1) is 0 Å². The van der Waals surface area contributed by atoms with E-state index in [1.165, 1.54) is 46.7 Å². The smallest absolute Gasteiger partial charge is 0.133 e. The molecule has 0 bridgehead atoms. The van der Waals surface area contributed by atoms with Crippen LogP contribution in [0.4, 0.5) is 5.82 Å². The van der Waals surface area contributed by atoms with Crippen LogP contribution in [0.1, 0.15) is 42.1 Å². The highest BCUT2D eigenvalue weighted by Crippen LogP contribution is 2.30. The van der Waals surface area contributed by atoms with Gasteiger partial charge in [-0.1, -0.05) is 25.5 Å². The quantitative estimate of drug-likeness (QED) is 0.915. The lowest BCUT2D eigenvalue weighted by molar-refractivity contribution is 0.743. The Kier molecular flexibility index (Phi) is 3.51. The molecule has 0 atom stereocenters. The number of hydrogen-bond acceptors (Lipinski definition) is 2. The third-order valence-electron chi connectivity index (χ3n) is 4.09. The predicted molar refractivity (Wildman–Crippen MR) is 83.8 cm³/mol. The Bertz CT molecular complexity index is 625. The Morgan fingerprint density at radius 2 is 2.15 bits per heavy atom. The molecule has 1 aliphatic rings. The van der Waals surface area contributed by atoms with Gasteiger partial charge in [-0.2, -0.15) is 5.10 Å². The minimum absolute atomic E-state index is 1.04. The second-order valence-electron chi connectivity index (χ2n) is 5.76. The molecule has 0 amide bonds. The summed E-state index contributed by atoms with van der Waals surface area (Å²) in [5.74, 6) is 1.21. The fraction of sp³-hybridized carbons (Fsp3) is 0.471. The van der Waals surface area contributed by atoms with Crippen molar-refractivity contribution in [1.29, 1.82) is 0 Å².